The number of likely N-dealkylation sites (N-methyl/N-ethyl adjacent to an activating group) is 1. The van der Waals surface area contributed by atoms with Crippen molar-refractivity contribution in [3.05, 3.63) is 36.1 Å². The van der Waals surface area contributed by atoms with Crippen LogP contribution in [0.4, 0.5) is 0 Å². The van der Waals surface area contributed by atoms with Crippen LogP contribution in [0.5, 0.6) is 0 Å². The highest BCUT2D eigenvalue weighted by Crippen LogP contribution is 2.26. The lowest BCUT2D eigenvalue weighted by molar-refractivity contribution is 0.271. The van der Waals surface area contributed by atoms with Gasteiger partial charge in [0.2, 0.25) is 0 Å². The molecule has 1 aliphatic rings. The second-order valence-corrected chi connectivity index (χ2v) is 5.85. The van der Waals surface area contributed by atoms with Crippen molar-refractivity contribution >= 4 is 11.0 Å². The van der Waals surface area contributed by atoms with Crippen LogP contribution in [0.2, 0.25) is 0 Å². The molecule has 20 heavy (non-hydrogen) atoms. The highest BCUT2D eigenvalue weighted by atomic mass is 16.3. The van der Waals surface area contributed by atoms with E-state index in [4.69, 9.17) is 4.42 Å². The molecule has 1 fully saturated rings. The van der Waals surface area contributed by atoms with Crippen LogP contribution in [-0.2, 0) is 0 Å². The summed E-state index contributed by atoms with van der Waals surface area (Å²) in [6, 6.07) is 10.7. The Balaban J connectivity index is 1.73. The van der Waals surface area contributed by atoms with Gasteiger partial charge >= 0.3 is 0 Å². The average Bonchev–Trinajstić information content (AvgIpc) is 3.10. The van der Waals surface area contributed by atoms with Gasteiger partial charge in [-0.05, 0) is 38.1 Å². The largest absolute Gasteiger partial charge is 0.459 e. The first kappa shape index (κ1) is 13.7. The Labute approximate surface area is 120 Å². The van der Waals surface area contributed by atoms with E-state index in [1.54, 1.807) is 0 Å². The molecule has 2 unspecified atom stereocenters. The smallest absolute Gasteiger partial charge is 0.134 e. The van der Waals surface area contributed by atoms with Gasteiger partial charge in [0.15, 0.2) is 0 Å². The third kappa shape index (κ3) is 2.74. The van der Waals surface area contributed by atoms with E-state index >= 15 is 0 Å². The topological polar surface area (TPSA) is 28.4 Å². The Hall–Kier alpha value is -1.32. The molecular weight excluding hydrogens is 248 g/mol. The van der Waals surface area contributed by atoms with Crippen LogP contribution in [0.15, 0.2) is 34.7 Å². The highest BCUT2D eigenvalue weighted by Gasteiger charge is 2.24. The molecule has 3 rings (SSSR count). The van der Waals surface area contributed by atoms with Crippen LogP contribution in [0, 0.1) is 5.92 Å². The molecule has 2 atom stereocenters. The summed E-state index contributed by atoms with van der Waals surface area (Å²) in [5.41, 5.74) is 0.982. The molecule has 2 aromatic rings. The van der Waals surface area contributed by atoms with Crippen molar-refractivity contribution in [1.29, 1.82) is 0 Å². The van der Waals surface area contributed by atoms with Crippen molar-refractivity contribution in [2.45, 2.75) is 25.8 Å². The van der Waals surface area contributed by atoms with Gasteiger partial charge in [-0.1, -0.05) is 31.5 Å². The van der Waals surface area contributed by atoms with E-state index in [1.807, 2.05) is 19.2 Å². The summed E-state index contributed by atoms with van der Waals surface area (Å²) in [6.07, 6.45) is 2.64. The third-order valence-corrected chi connectivity index (χ3v) is 4.52. The van der Waals surface area contributed by atoms with Crippen LogP contribution in [0.1, 0.15) is 31.6 Å². The van der Waals surface area contributed by atoms with Gasteiger partial charge in [0.05, 0.1) is 6.04 Å². The zero-order valence-corrected chi connectivity index (χ0v) is 12.4. The van der Waals surface area contributed by atoms with E-state index < -0.39 is 0 Å². The van der Waals surface area contributed by atoms with Gasteiger partial charge in [0.1, 0.15) is 11.3 Å². The van der Waals surface area contributed by atoms with E-state index in [9.17, 15) is 0 Å². The summed E-state index contributed by atoms with van der Waals surface area (Å²) < 4.78 is 6.00. The Morgan fingerprint density at radius 1 is 1.40 bits per heavy atom. The van der Waals surface area contributed by atoms with Crippen LogP contribution in [0.3, 0.4) is 0 Å². The fourth-order valence-electron chi connectivity index (χ4n) is 3.17. The molecule has 0 spiro atoms. The first-order valence-electron chi connectivity index (χ1n) is 7.68. The van der Waals surface area contributed by atoms with Crippen molar-refractivity contribution < 1.29 is 4.42 Å². The van der Waals surface area contributed by atoms with E-state index in [0.717, 1.165) is 23.8 Å². The molecule has 0 aliphatic carbocycles. The maximum atomic E-state index is 6.00. The SMILES string of the molecule is CCC1CCN(CC(NC)c2cc3ccccc3o2)C1. The first-order chi connectivity index (χ1) is 9.80. The normalized spacial score (nSPS) is 21.6. The molecule has 3 heteroatoms. The molecular formula is C17H24N2O. The number of benzene rings is 1. The number of hydrogen-bond donors (Lipinski definition) is 1. The minimum absolute atomic E-state index is 0.276. The Morgan fingerprint density at radius 2 is 2.25 bits per heavy atom. The number of rotatable bonds is 5. The van der Waals surface area contributed by atoms with Gasteiger partial charge in [0.25, 0.3) is 0 Å². The predicted octanol–water partition coefficient (Wildman–Crippen LogP) is 3.43. The summed E-state index contributed by atoms with van der Waals surface area (Å²) >= 11 is 0. The lowest BCUT2D eigenvalue weighted by Gasteiger charge is -2.22. The zero-order valence-electron chi connectivity index (χ0n) is 12.4. The Morgan fingerprint density at radius 3 is 2.95 bits per heavy atom. The number of para-hydroxylation sites is 1. The Kier molecular flexibility index (Phi) is 4.08. The van der Waals surface area contributed by atoms with Gasteiger partial charge in [-0.15, -0.1) is 0 Å². The monoisotopic (exact) mass is 272 g/mol. The van der Waals surface area contributed by atoms with E-state index in [1.165, 1.54) is 31.3 Å². The lowest BCUT2D eigenvalue weighted by Crippen LogP contribution is -2.32. The van der Waals surface area contributed by atoms with Crippen molar-refractivity contribution in [2.24, 2.45) is 5.92 Å². The van der Waals surface area contributed by atoms with Crippen LogP contribution in [-0.4, -0.2) is 31.6 Å². The van der Waals surface area contributed by atoms with Gasteiger partial charge in [-0.3, -0.25) is 0 Å². The van der Waals surface area contributed by atoms with E-state index in [0.29, 0.717) is 0 Å². The summed E-state index contributed by atoms with van der Waals surface area (Å²) in [5, 5.41) is 4.59. The molecule has 1 aromatic carbocycles. The number of nitrogens with zero attached hydrogens (tertiary/aromatic N) is 1. The van der Waals surface area contributed by atoms with Gasteiger partial charge < -0.3 is 14.6 Å². The molecule has 0 saturated carbocycles. The fraction of sp³-hybridized carbons (Fsp3) is 0.529. The first-order valence-corrected chi connectivity index (χ1v) is 7.68. The van der Waals surface area contributed by atoms with Crippen molar-refractivity contribution in [3.8, 4) is 0 Å². The van der Waals surface area contributed by atoms with Gasteiger partial charge in [0, 0.05) is 18.5 Å². The molecule has 108 valence electrons. The molecule has 3 nitrogen and oxygen atoms in total. The number of furan rings is 1. The molecule has 1 N–H and O–H groups in total. The standard InChI is InChI=1S/C17H24N2O/c1-3-13-8-9-19(11-13)12-15(18-2)17-10-14-6-4-5-7-16(14)20-17/h4-7,10,13,15,18H,3,8-9,11-12H2,1-2H3. The number of nitrogens with one attached hydrogen (secondary N) is 1. The number of likely N-dealkylation sites (tertiary alicyclic amines) is 1. The minimum Gasteiger partial charge on any atom is -0.459 e. The van der Waals surface area contributed by atoms with E-state index in [-0.39, 0.29) is 6.04 Å². The molecule has 2 heterocycles. The van der Waals surface area contributed by atoms with Crippen molar-refractivity contribution in [1.82, 2.24) is 10.2 Å². The van der Waals surface area contributed by atoms with Crippen LogP contribution >= 0.6 is 0 Å². The Bertz CT molecular complexity index is 530. The maximum absolute atomic E-state index is 6.00. The third-order valence-electron chi connectivity index (χ3n) is 4.52. The maximum Gasteiger partial charge on any atom is 0.134 e. The molecule has 0 bridgehead atoms. The van der Waals surface area contributed by atoms with Crippen molar-refractivity contribution in [2.75, 3.05) is 26.7 Å². The molecule has 1 aromatic heterocycles. The minimum atomic E-state index is 0.276. The van der Waals surface area contributed by atoms with Crippen LogP contribution < -0.4 is 5.32 Å². The predicted molar refractivity (Wildman–Crippen MR) is 82.9 cm³/mol. The van der Waals surface area contributed by atoms with E-state index in [2.05, 4.69) is 35.3 Å². The molecule has 1 saturated heterocycles. The van der Waals surface area contributed by atoms with Gasteiger partial charge in [-0.25, -0.2) is 0 Å². The second-order valence-electron chi connectivity index (χ2n) is 5.85. The average molecular weight is 272 g/mol. The van der Waals surface area contributed by atoms with Crippen LogP contribution in [0.25, 0.3) is 11.0 Å². The second kappa shape index (κ2) is 5.98. The summed E-state index contributed by atoms with van der Waals surface area (Å²) in [4.78, 5) is 2.56. The molecule has 0 radical (unpaired) electrons. The molecule has 0 amide bonds. The van der Waals surface area contributed by atoms with Gasteiger partial charge in [-0.2, -0.15) is 0 Å². The zero-order chi connectivity index (χ0) is 13.9. The molecule has 1 aliphatic heterocycles. The number of fused-ring (bicyclic) bond motifs is 1. The highest BCUT2D eigenvalue weighted by molar-refractivity contribution is 5.77. The quantitative estimate of drug-likeness (QED) is 0.904. The summed E-state index contributed by atoms with van der Waals surface area (Å²) in [7, 11) is 2.02. The lowest BCUT2D eigenvalue weighted by atomic mass is 10.1. The fourth-order valence-corrected chi connectivity index (χ4v) is 3.17. The van der Waals surface area contributed by atoms with Crippen molar-refractivity contribution in [3.63, 3.8) is 0 Å². The number of hydrogen-bond acceptors (Lipinski definition) is 3. The summed E-state index contributed by atoms with van der Waals surface area (Å²) in [5.74, 6) is 1.93. The summed E-state index contributed by atoms with van der Waals surface area (Å²) in [6.45, 7) is 5.78.